The van der Waals surface area contributed by atoms with Gasteiger partial charge in [-0.2, -0.15) is 0 Å². The Kier molecular flexibility index (Phi) is 6.71. The highest BCUT2D eigenvalue weighted by Crippen LogP contribution is 2.39. The molecule has 2 aromatic carbocycles. The maximum atomic E-state index is 13.0. The molecule has 0 atom stereocenters. The van der Waals surface area contributed by atoms with Crippen molar-refractivity contribution < 1.29 is 23.7 Å². The number of hydrogen-bond acceptors (Lipinski definition) is 5. The van der Waals surface area contributed by atoms with Crippen LogP contribution >= 0.6 is 0 Å². The average Bonchev–Trinajstić information content (AvgIpc) is 3.16. The van der Waals surface area contributed by atoms with Crippen molar-refractivity contribution in [1.82, 2.24) is 4.98 Å². The summed E-state index contributed by atoms with van der Waals surface area (Å²) < 4.78 is 21.2. The van der Waals surface area contributed by atoms with Crippen molar-refractivity contribution in [3.63, 3.8) is 0 Å². The zero-order valence-electron chi connectivity index (χ0n) is 16.5. The van der Waals surface area contributed by atoms with E-state index in [9.17, 15) is 4.79 Å². The summed E-state index contributed by atoms with van der Waals surface area (Å²) in [6.07, 6.45) is 1.69. The van der Waals surface area contributed by atoms with Crippen LogP contribution in [0, 0.1) is 0 Å². The van der Waals surface area contributed by atoms with Gasteiger partial charge in [0, 0.05) is 34.3 Å². The molecule has 0 saturated carbocycles. The van der Waals surface area contributed by atoms with Crippen LogP contribution in [0.1, 0.15) is 29.8 Å². The van der Waals surface area contributed by atoms with Crippen LogP contribution in [0.25, 0.3) is 10.9 Å². The van der Waals surface area contributed by atoms with Gasteiger partial charge in [-0.25, -0.2) is 0 Å². The third kappa shape index (κ3) is 3.84. The summed E-state index contributed by atoms with van der Waals surface area (Å²) in [5.74, 6) is 1.90. The Labute approximate surface area is 159 Å². The van der Waals surface area contributed by atoms with Gasteiger partial charge in [0.2, 0.25) is 5.75 Å². The molecule has 0 amide bonds. The van der Waals surface area contributed by atoms with E-state index in [1.807, 2.05) is 32.0 Å². The van der Waals surface area contributed by atoms with Crippen LogP contribution in [0.3, 0.4) is 0 Å². The molecule has 0 bridgehead atoms. The minimum absolute atomic E-state index is 0.143. The first kappa shape index (κ1) is 20.2. The fraction of sp³-hybridized carbons (Fsp3) is 0.286. The van der Waals surface area contributed by atoms with Gasteiger partial charge in [-0.3, -0.25) is 4.79 Å². The largest absolute Gasteiger partial charge is 0.497 e. The number of hydrogen-bond donors (Lipinski definition) is 1. The molecule has 0 unspecified atom stereocenters. The molecule has 0 aliphatic carbocycles. The molecule has 3 rings (SSSR count). The van der Waals surface area contributed by atoms with Crippen LogP contribution in [0.15, 0.2) is 36.5 Å². The topological polar surface area (TPSA) is 69.8 Å². The monoisotopic (exact) mass is 371 g/mol. The van der Waals surface area contributed by atoms with Crippen LogP contribution in [-0.2, 0) is 0 Å². The van der Waals surface area contributed by atoms with E-state index >= 15 is 0 Å². The Morgan fingerprint density at radius 3 is 2.00 bits per heavy atom. The van der Waals surface area contributed by atoms with Crippen molar-refractivity contribution in [1.29, 1.82) is 0 Å². The molecular weight excluding hydrogens is 346 g/mol. The standard InChI is InChI=1S/C19H19NO5.C2H6/c1-22-12-5-6-13-14(10-20-15(13)9-12)18(21)11-7-16(23-2)19(25-4)17(8-11)24-3;1-2/h5-10,20H,1-4H3;1-2H3. The maximum Gasteiger partial charge on any atom is 0.203 e. The van der Waals surface area contributed by atoms with Crippen LogP contribution in [-0.4, -0.2) is 39.2 Å². The van der Waals surface area contributed by atoms with Crippen LogP contribution in [0.4, 0.5) is 0 Å². The van der Waals surface area contributed by atoms with E-state index in [0.29, 0.717) is 28.4 Å². The van der Waals surface area contributed by atoms with Crippen molar-refractivity contribution >= 4 is 16.7 Å². The smallest absolute Gasteiger partial charge is 0.203 e. The molecule has 1 heterocycles. The predicted octanol–water partition coefficient (Wildman–Crippen LogP) is 4.46. The number of nitrogens with one attached hydrogen (secondary N) is 1. The molecule has 0 aliphatic heterocycles. The van der Waals surface area contributed by atoms with E-state index in [2.05, 4.69) is 4.98 Å². The molecule has 0 fully saturated rings. The highest BCUT2D eigenvalue weighted by molar-refractivity contribution is 6.16. The Balaban J connectivity index is 0.00000126. The first-order valence-corrected chi connectivity index (χ1v) is 8.62. The number of fused-ring (bicyclic) bond motifs is 1. The quantitative estimate of drug-likeness (QED) is 0.648. The van der Waals surface area contributed by atoms with Gasteiger partial charge in [0.05, 0.1) is 28.4 Å². The Morgan fingerprint density at radius 1 is 0.852 bits per heavy atom. The number of ether oxygens (including phenoxy) is 4. The number of benzene rings is 2. The van der Waals surface area contributed by atoms with E-state index in [1.54, 1.807) is 25.4 Å². The molecule has 6 nitrogen and oxygen atoms in total. The van der Waals surface area contributed by atoms with Crippen molar-refractivity contribution in [3.05, 3.63) is 47.7 Å². The SMILES string of the molecule is CC.COc1ccc2c(C(=O)c3cc(OC)c(OC)c(OC)c3)c[nH]c2c1. The predicted molar refractivity (Wildman–Crippen MR) is 106 cm³/mol. The zero-order chi connectivity index (χ0) is 20.0. The molecule has 144 valence electrons. The average molecular weight is 371 g/mol. The maximum absolute atomic E-state index is 13.0. The third-order valence-electron chi connectivity index (χ3n) is 4.06. The van der Waals surface area contributed by atoms with Crippen molar-refractivity contribution in [2.24, 2.45) is 0 Å². The molecule has 0 radical (unpaired) electrons. The van der Waals surface area contributed by atoms with E-state index in [0.717, 1.165) is 16.7 Å². The van der Waals surface area contributed by atoms with Crippen LogP contribution in [0.5, 0.6) is 23.0 Å². The molecule has 27 heavy (non-hydrogen) atoms. The summed E-state index contributed by atoms with van der Waals surface area (Å²) >= 11 is 0. The van der Waals surface area contributed by atoms with Crippen molar-refractivity contribution in [2.45, 2.75) is 13.8 Å². The second kappa shape index (κ2) is 8.98. The minimum Gasteiger partial charge on any atom is -0.497 e. The lowest BCUT2D eigenvalue weighted by Gasteiger charge is -2.13. The van der Waals surface area contributed by atoms with Gasteiger partial charge >= 0.3 is 0 Å². The summed E-state index contributed by atoms with van der Waals surface area (Å²) in [5, 5.41) is 0.819. The second-order valence-corrected chi connectivity index (χ2v) is 5.36. The van der Waals surface area contributed by atoms with Gasteiger partial charge in [-0.1, -0.05) is 13.8 Å². The number of methoxy groups -OCH3 is 4. The molecule has 1 N–H and O–H groups in total. The minimum atomic E-state index is -0.143. The molecular formula is C21H25NO5. The lowest BCUT2D eigenvalue weighted by atomic mass is 10.0. The second-order valence-electron chi connectivity index (χ2n) is 5.36. The fourth-order valence-corrected chi connectivity index (χ4v) is 2.79. The lowest BCUT2D eigenvalue weighted by Crippen LogP contribution is -2.03. The van der Waals surface area contributed by atoms with Crippen LogP contribution < -0.4 is 18.9 Å². The Bertz CT molecular complexity index is 904. The molecule has 0 saturated heterocycles. The normalized spacial score (nSPS) is 10.0. The molecule has 3 aromatic rings. The van der Waals surface area contributed by atoms with Crippen LogP contribution in [0.2, 0.25) is 0 Å². The Morgan fingerprint density at radius 2 is 1.48 bits per heavy atom. The van der Waals surface area contributed by atoms with Gasteiger partial charge < -0.3 is 23.9 Å². The fourth-order valence-electron chi connectivity index (χ4n) is 2.79. The zero-order valence-corrected chi connectivity index (χ0v) is 16.5. The van der Waals surface area contributed by atoms with Gasteiger partial charge in [0.15, 0.2) is 17.3 Å². The Hall–Kier alpha value is -3.15. The van der Waals surface area contributed by atoms with E-state index in [-0.39, 0.29) is 5.78 Å². The summed E-state index contributed by atoms with van der Waals surface area (Å²) in [4.78, 5) is 16.1. The number of aromatic nitrogens is 1. The number of ketones is 1. The number of carbonyl (C=O) groups excluding carboxylic acids is 1. The first-order chi connectivity index (χ1) is 13.1. The molecule has 1 aromatic heterocycles. The first-order valence-electron chi connectivity index (χ1n) is 8.62. The van der Waals surface area contributed by atoms with Gasteiger partial charge in [0.1, 0.15) is 5.75 Å². The third-order valence-corrected chi connectivity index (χ3v) is 4.06. The molecule has 0 spiro atoms. The molecule has 0 aliphatic rings. The van der Waals surface area contributed by atoms with E-state index in [4.69, 9.17) is 18.9 Å². The van der Waals surface area contributed by atoms with E-state index < -0.39 is 0 Å². The number of aromatic amines is 1. The highest BCUT2D eigenvalue weighted by Gasteiger charge is 2.20. The van der Waals surface area contributed by atoms with Gasteiger partial charge in [-0.05, 0) is 24.3 Å². The van der Waals surface area contributed by atoms with Gasteiger partial charge in [0.25, 0.3) is 0 Å². The van der Waals surface area contributed by atoms with E-state index in [1.165, 1.54) is 21.3 Å². The number of rotatable bonds is 6. The summed E-state index contributed by atoms with van der Waals surface area (Å²) in [6, 6.07) is 8.82. The summed E-state index contributed by atoms with van der Waals surface area (Å²) in [5.41, 5.74) is 1.84. The highest BCUT2D eigenvalue weighted by atomic mass is 16.5. The number of H-pyrrole nitrogens is 1. The van der Waals surface area contributed by atoms with Crippen molar-refractivity contribution in [2.75, 3.05) is 28.4 Å². The summed E-state index contributed by atoms with van der Waals surface area (Å²) in [6.45, 7) is 4.00. The lowest BCUT2D eigenvalue weighted by molar-refractivity contribution is 0.103. The van der Waals surface area contributed by atoms with Crippen molar-refractivity contribution in [3.8, 4) is 23.0 Å². The number of carbonyl (C=O) groups is 1. The molecule has 6 heteroatoms. The summed E-state index contributed by atoms with van der Waals surface area (Å²) in [7, 11) is 6.16. The van der Waals surface area contributed by atoms with Gasteiger partial charge in [-0.15, -0.1) is 0 Å².